The van der Waals surface area contributed by atoms with E-state index in [1.807, 2.05) is 17.3 Å². The molecule has 3 aromatic carbocycles. The summed E-state index contributed by atoms with van der Waals surface area (Å²) < 4.78 is 0. The molecule has 0 saturated carbocycles. The van der Waals surface area contributed by atoms with Gasteiger partial charge in [0.15, 0.2) is 0 Å². The molecule has 0 aromatic heterocycles. The number of anilines is 2. The summed E-state index contributed by atoms with van der Waals surface area (Å²) in [6.07, 6.45) is 0. The predicted octanol–water partition coefficient (Wildman–Crippen LogP) is 8.62. The van der Waals surface area contributed by atoms with Crippen LogP contribution in [0.15, 0.2) is 24.3 Å². The maximum atomic E-state index is 4.57. The molecule has 0 unspecified atom stereocenters. The number of hydrogen-bond donors (Lipinski definition) is 0. The van der Waals surface area contributed by atoms with Crippen LogP contribution in [0.25, 0.3) is 0 Å². The Kier molecular flexibility index (Phi) is 10.6. The zero-order valence-electron chi connectivity index (χ0n) is 23.4. The Morgan fingerprint density at radius 2 is 0.914 bits per heavy atom. The number of aryl methyl sites for hydroxylation is 6. The van der Waals surface area contributed by atoms with Gasteiger partial charge in [-0.05, 0) is 63.8 Å². The van der Waals surface area contributed by atoms with E-state index in [0.717, 1.165) is 13.1 Å². The van der Waals surface area contributed by atoms with Gasteiger partial charge in [0, 0.05) is 24.5 Å². The molecular formula is C31H42ClN2Ru-2. The Morgan fingerprint density at radius 3 is 1.14 bits per heavy atom. The van der Waals surface area contributed by atoms with Crippen LogP contribution in [0.4, 0.5) is 11.4 Å². The summed E-state index contributed by atoms with van der Waals surface area (Å²) in [5, 5.41) is 0. The second-order valence-corrected chi connectivity index (χ2v) is 10.1. The Morgan fingerprint density at radius 1 is 0.629 bits per heavy atom. The van der Waals surface area contributed by atoms with Gasteiger partial charge >= 0.3 is 27.0 Å². The van der Waals surface area contributed by atoms with Crippen molar-refractivity contribution in [2.75, 3.05) is 22.9 Å². The average molecular weight is 579 g/mol. The third-order valence-electron chi connectivity index (χ3n) is 7.52. The van der Waals surface area contributed by atoms with Crippen LogP contribution >= 0.6 is 9.69 Å². The molecule has 1 heterocycles. The molecule has 4 heteroatoms. The Balaban J connectivity index is 0.000000302. The molecule has 1 aliphatic rings. The van der Waals surface area contributed by atoms with Crippen molar-refractivity contribution >= 4 is 21.1 Å². The molecule has 0 radical (unpaired) electrons. The van der Waals surface area contributed by atoms with Crippen molar-refractivity contribution in [1.29, 1.82) is 0 Å². The Hall–Kier alpha value is -1.70. The zero-order valence-corrected chi connectivity index (χ0v) is 25.9. The van der Waals surface area contributed by atoms with E-state index in [0.29, 0.717) is 0 Å². The van der Waals surface area contributed by atoms with E-state index in [1.165, 1.54) is 72.6 Å². The van der Waals surface area contributed by atoms with Crippen LogP contribution in [-0.4, -0.2) is 13.1 Å². The van der Waals surface area contributed by atoms with Crippen LogP contribution in [0.2, 0.25) is 0 Å². The normalized spacial score (nSPS) is 12.8. The summed E-state index contributed by atoms with van der Waals surface area (Å²) in [4.78, 5) is 4.81. The van der Waals surface area contributed by atoms with Gasteiger partial charge in [0.25, 0.3) is 0 Å². The second kappa shape index (κ2) is 12.5. The molecule has 35 heavy (non-hydrogen) atoms. The first-order valence-electron chi connectivity index (χ1n) is 12.3. The molecule has 0 N–H and O–H groups in total. The quantitative estimate of drug-likeness (QED) is 0.222. The van der Waals surface area contributed by atoms with Crippen LogP contribution in [0.3, 0.4) is 0 Å². The molecule has 2 nitrogen and oxygen atoms in total. The second-order valence-electron chi connectivity index (χ2n) is 10.1. The third-order valence-corrected chi connectivity index (χ3v) is 7.52. The number of rotatable bonds is 2. The van der Waals surface area contributed by atoms with Crippen LogP contribution in [0.5, 0.6) is 0 Å². The third kappa shape index (κ3) is 6.55. The van der Waals surface area contributed by atoms with Crippen molar-refractivity contribution in [2.24, 2.45) is 0 Å². The molecule has 3 aromatic rings. The molecule has 0 aliphatic carbocycles. The van der Waals surface area contributed by atoms with Crippen molar-refractivity contribution in [3.63, 3.8) is 0 Å². The van der Waals surface area contributed by atoms with E-state index in [2.05, 4.69) is 127 Å². The molecule has 1 saturated heterocycles. The van der Waals surface area contributed by atoms with Gasteiger partial charge in [-0.1, -0.05) is 70.0 Å². The van der Waals surface area contributed by atoms with E-state index in [9.17, 15) is 0 Å². The minimum atomic E-state index is 1.04. The summed E-state index contributed by atoms with van der Waals surface area (Å²) in [5.41, 5.74) is 18.2. The van der Waals surface area contributed by atoms with Crippen molar-refractivity contribution < 1.29 is 17.3 Å². The molecule has 1 aliphatic heterocycles. The molecule has 0 spiro atoms. The first-order valence-corrected chi connectivity index (χ1v) is 14.5. The fourth-order valence-corrected chi connectivity index (χ4v) is 5.50. The van der Waals surface area contributed by atoms with E-state index in [-0.39, 0.29) is 0 Å². The SMILES string of the molecule is Cc1c(C)c(C)[c-](C)c1C.Cc1cc(C)c(N2[CH-]N(c3c(C)cc(C)cc3C)CC2)c(C)c1.[Cl][Ru]. The number of nitrogens with zero attached hydrogens (tertiary/aromatic N) is 2. The first-order chi connectivity index (χ1) is 16.4. The van der Waals surface area contributed by atoms with Crippen molar-refractivity contribution in [2.45, 2.75) is 76.2 Å². The zero-order chi connectivity index (χ0) is 26.6. The Bertz CT molecular complexity index is 985. The van der Waals surface area contributed by atoms with Crippen LogP contribution in [-0.2, 0) is 17.3 Å². The fourth-order valence-electron chi connectivity index (χ4n) is 5.50. The average Bonchev–Trinajstić information content (AvgIpc) is 3.31. The molecule has 0 amide bonds. The van der Waals surface area contributed by atoms with Gasteiger partial charge in [-0.15, -0.1) is 0 Å². The molecule has 193 valence electrons. The summed E-state index contributed by atoms with van der Waals surface area (Å²) in [7, 11) is 4.57. The maximum absolute atomic E-state index is 4.57. The van der Waals surface area contributed by atoms with Crippen molar-refractivity contribution in [1.82, 2.24) is 0 Å². The number of halogens is 1. The van der Waals surface area contributed by atoms with E-state index in [4.69, 9.17) is 0 Å². The number of hydrogen-bond acceptors (Lipinski definition) is 2. The summed E-state index contributed by atoms with van der Waals surface area (Å²) >= 11 is 1.82. The van der Waals surface area contributed by atoms with Gasteiger partial charge in [0.1, 0.15) is 0 Å². The molecular weight excluding hydrogens is 537 g/mol. The van der Waals surface area contributed by atoms with Crippen LogP contribution in [0, 0.1) is 82.8 Å². The van der Waals surface area contributed by atoms with Gasteiger partial charge in [-0.3, -0.25) is 0 Å². The van der Waals surface area contributed by atoms with Gasteiger partial charge < -0.3 is 9.80 Å². The Labute approximate surface area is 228 Å². The molecule has 1 fully saturated rings. The van der Waals surface area contributed by atoms with Crippen molar-refractivity contribution in [3.05, 3.63) is 92.1 Å². The number of benzene rings is 2. The van der Waals surface area contributed by atoms with E-state index in [1.54, 1.807) is 0 Å². The fraction of sp³-hybridized carbons (Fsp3) is 0.419. The summed E-state index contributed by atoms with van der Waals surface area (Å²) in [6, 6.07) is 9.12. The predicted molar refractivity (Wildman–Crippen MR) is 152 cm³/mol. The van der Waals surface area contributed by atoms with Crippen LogP contribution in [0.1, 0.15) is 61.2 Å². The van der Waals surface area contributed by atoms with Gasteiger partial charge in [-0.25, -0.2) is 0 Å². The van der Waals surface area contributed by atoms with Gasteiger partial charge in [0.05, 0.1) is 0 Å². The summed E-state index contributed by atoms with van der Waals surface area (Å²) in [6.45, 7) is 28.6. The molecule has 0 atom stereocenters. The molecule has 0 bridgehead atoms. The van der Waals surface area contributed by atoms with Crippen molar-refractivity contribution in [3.8, 4) is 0 Å². The monoisotopic (exact) mass is 579 g/mol. The van der Waals surface area contributed by atoms with E-state index < -0.39 is 0 Å². The van der Waals surface area contributed by atoms with Crippen LogP contribution < -0.4 is 9.80 Å². The minimum absolute atomic E-state index is 1.04. The summed E-state index contributed by atoms with van der Waals surface area (Å²) in [5.74, 6) is 0. The van der Waals surface area contributed by atoms with Gasteiger partial charge in [0.2, 0.25) is 0 Å². The standard InChI is InChI=1S/C21H27N2.C10H15.ClH.Ru/c1-14-9-16(3)20(17(4)10-14)22-7-8-23(13-22)21-18(5)11-15(2)12-19(21)6;1-6-7(2)9(4)10(5)8(6)3;;/h9-13H,7-8H2,1-6H3;1-5H3;1H;/q2*-1;;+1/p-1. The molecule has 4 rings (SSSR count). The topological polar surface area (TPSA) is 6.48 Å². The first kappa shape index (κ1) is 29.5. The van der Waals surface area contributed by atoms with E-state index >= 15 is 0 Å². The van der Waals surface area contributed by atoms with Gasteiger partial charge in [-0.2, -0.15) is 34.5 Å².